The lowest BCUT2D eigenvalue weighted by molar-refractivity contribution is 0.907. The average molecular weight is 259 g/mol. The molecule has 0 aliphatic heterocycles. The van der Waals surface area contributed by atoms with Gasteiger partial charge >= 0.3 is 0 Å². The zero-order valence-electron chi connectivity index (χ0n) is 5.95. The first kappa shape index (κ1) is 7.02. The molecule has 2 aromatic heterocycles. The number of pyridine rings is 1. The Morgan fingerprint density at radius 3 is 3.09 bits per heavy atom. The maximum Gasteiger partial charge on any atom is 0.155 e. The Kier molecular flexibility index (Phi) is 1.56. The molecule has 2 rings (SSSR count). The normalized spacial score (nSPS) is 10.7. The maximum absolute atomic E-state index is 4.08. The standard InChI is InChI=1S/C7H6IN3/c1-5-6(8)2-3-7-9-4-10-11(5)7/h2-4H,1H3. The Balaban J connectivity index is 2.93. The predicted molar refractivity (Wildman–Crippen MR) is 50.4 cm³/mol. The molecule has 4 heteroatoms. The third kappa shape index (κ3) is 1.01. The van der Waals surface area contributed by atoms with Crippen LogP contribution in [0.5, 0.6) is 0 Å². The highest BCUT2D eigenvalue weighted by atomic mass is 127. The van der Waals surface area contributed by atoms with Gasteiger partial charge < -0.3 is 0 Å². The summed E-state index contributed by atoms with van der Waals surface area (Å²) in [6.07, 6.45) is 1.57. The molecule has 11 heavy (non-hydrogen) atoms. The van der Waals surface area contributed by atoms with E-state index < -0.39 is 0 Å². The second-order valence-corrected chi connectivity index (χ2v) is 3.46. The van der Waals surface area contributed by atoms with E-state index in [1.165, 1.54) is 3.57 Å². The summed E-state index contributed by atoms with van der Waals surface area (Å²) >= 11 is 2.28. The molecule has 2 heterocycles. The van der Waals surface area contributed by atoms with Crippen LogP contribution >= 0.6 is 22.6 Å². The smallest absolute Gasteiger partial charge is 0.155 e. The topological polar surface area (TPSA) is 30.2 Å². The highest BCUT2D eigenvalue weighted by Gasteiger charge is 2.00. The molecule has 0 N–H and O–H groups in total. The zero-order chi connectivity index (χ0) is 7.84. The summed E-state index contributed by atoms with van der Waals surface area (Å²) in [5, 5.41) is 4.08. The van der Waals surface area contributed by atoms with Crippen LogP contribution in [-0.2, 0) is 0 Å². The lowest BCUT2D eigenvalue weighted by Gasteiger charge is -1.98. The summed E-state index contributed by atoms with van der Waals surface area (Å²) < 4.78 is 3.04. The molecule has 2 aromatic rings. The molecular formula is C7H6IN3. The first-order valence-corrected chi connectivity index (χ1v) is 4.32. The van der Waals surface area contributed by atoms with Gasteiger partial charge in [-0.15, -0.1) is 0 Å². The lowest BCUT2D eigenvalue weighted by Crippen LogP contribution is -1.95. The van der Waals surface area contributed by atoms with Gasteiger partial charge in [0.25, 0.3) is 0 Å². The quantitative estimate of drug-likeness (QED) is 0.673. The van der Waals surface area contributed by atoms with Crippen LogP contribution in [0.25, 0.3) is 5.65 Å². The number of nitrogens with zero attached hydrogens (tertiary/aromatic N) is 3. The van der Waals surface area contributed by atoms with Crippen LogP contribution in [0.15, 0.2) is 18.5 Å². The van der Waals surface area contributed by atoms with Crippen molar-refractivity contribution in [2.24, 2.45) is 0 Å². The molecule has 0 aliphatic carbocycles. The van der Waals surface area contributed by atoms with E-state index in [0.29, 0.717) is 0 Å². The number of aromatic nitrogens is 3. The van der Waals surface area contributed by atoms with Gasteiger partial charge in [0.1, 0.15) is 6.33 Å². The maximum atomic E-state index is 4.08. The van der Waals surface area contributed by atoms with Crippen LogP contribution in [-0.4, -0.2) is 14.6 Å². The molecule has 0 amide bonds. The van der Waals surface area contributed by atoms with Crippen molar-refractivity contribution in [1.82, 2.24) is 14.6 Å². The molecule has 0 radical (unpaired) electrons. The van der Waals surface area contributed by atoms with Gasteiger partial charge in [-0.25, -0.2) is 9.50 Å². The highest BCUT2D eigenvalue weighted by molar-refractivity contribution is 14.1. The predicted octanol–water partition coefficient (Wildman–Crippen LogP) is 1.64. The molecule has 0 atom stereocenters. The van der Waals surface area contributed by atoms with Gasteiger partial charge in [-0.2, -0.15) is 5.10 Å². The summed E-state index contributed by atoms with van der Waals surface area (Å²) in [4.78, 5) is 4.07. The second kappa shape index (κ2) is 2.44. The molecule has 0 bridgehead atoms. The minimum atomic E-state index is 0.905. The van der Waals surface area contributed by atoms with Crippen LogP contribution in [0.3, 0.4) is 0 Å². The van der Waals surface area contributed by atoms with Crippen LogP contribution < -0.4 is 0 Å². The van der Waals surface area contributed by atoms with Crippen molar-refractivity contribution in [3.8, 4) is 0 Å². The largest absolute Gasteiger partial charge is 0.217 e. The van der Waals surface area contributed by atoms with Crippen LogP contribution in [0.2, 0.25) is 0 Å². The fraction of sp³-hybridized carbons (Fsp3) is 0.143. The van der Waals surface area contributed by atoms with E-state index >= 15 is 0 Å². The third-order valence-corrected chi connectivity index (χ3v) is 2.76. The van der Waals surface area contributed by atoms with Gasteiger partial charge in [0.2, 0.25) is 0 Å². The van der Waals surface area contributed by atoms with Gasteiger partial charge in [0.05, 0.1) is 5.69 Å². The van der Waals surface area contributed by atoms with Crippen LogP contribution in [0, 0.1) is 10.5 Å². The Labute approximate surface area is 77.6 Å². The summed E-state index contributed by atoms with van der Waals surface area (Å²) in [6.45, 7) is 2.03. The first-order chi connectivity index (χ1) is 5.29. The first-order valence-electron chi connectivity index (χ1n) is 3.24. The Morgan fingerprint density at radius 2 is 2.27 bits per heavy atom. The van der Waals surface area contributed by atoms with E-state index in [0.717, 1.165) is 11.3 Å². The Bertz CT molecular complexity index is 393. The summed E-state index contributed by atoms with van der Waals surface area (Å²) in [5.41, 5.74) is 2.04. The van der Waals surface area contributed by atoms with Crippen molar-refractivity contribution in [3.05, 3.63) is 27.7 Å². The summed E-state index contributed by atoms with van der Waals surface area (Å²) in [7, 11) is 0. The molecule has 0 spiro atoms. The van der Waals surface area contributed by atoms with Crippen LogP contribution in [0.4, 0.5) is 0 Å². The third-order valence-electron chi connectivity index (χ3n) is 1.62. The summed E-state index contributed by atoms with van der Waals surface area (Å²) in [6, 6.07) is 4.00. The second-order valence-electron chi connectivity index (χ2n) is 2.30. The number of aryl methyl sites for hydroxylation is 1. The fourth-order valence-corrected chi connectivity index (χ4v) is 1.40. The number of halogens is 1. The number of hydrogen-bond donors (Lipinski definition) is 0. The zero-order valence-corrected chi connectivity index (χ0v) is 8.11. The Morgan fingerprint density at radius 1 is 1.45 bits per heavy atom. The number of hydrogen-bond acceptors (Lipinski definition) is 2. The molecule has 0 unspecified atom stereocenters. The van der Waals surface area contributed by atoms with E-state index in [1.807, 2.05) is 23.6 Å². The van der Waals surface area contributed by atoms with Crippen molar-refractivity contribution < 1.29 is 0 Å². The van der Waals surface area contributed by atoms with E-state index in [-0.39, 0.29) is 0 Å². The fourth-order valence-electron chi connectivity index (χ4n) is 0.992. The van der Waals surface area contributed by atoms with Gasteiger partial charge in [-0.3, -0.25) is 0 Å². The highest BCUT2D eigenvalue weighted by Crippen LogP contribution is 2.11. The molecule has 3 nitrogen and oxygen atoms in total. The van der Waals surface area contributed by atoms with Crippen molar-refractivity contribution in [1.29, 1.82) is 0 Å². The monoisotopic (exact) mass is 259 g/mol. The molecule has 0 aliphatic rings. The van der Waals surface area contributed by atoms with Gasteiger partial charge in [0, 0.05) is 3.57 Å². The number of rotatable bonds is 0. The van der Waals surface area contributed by atoms with E-state index in [4.69, 9.17) is 0 Å². The van der Waals surface area contributed by atoms with E-state index in [9.17, 15) is 0 Å². The molecule has 0 fully saturated rings. The van der Waals surface area contributed by atoms with E-state index in [2.05, 4.69) is 32.7 Å². The van der Waals surface area contributed by atoms with Crippen molar-refractivity contribution >= 4 is 28.2 Å². The van der Waals surface area contributed by atoms with Gasteiger partial charge in [-0.05, 0) is 41.6 Å². The van der Waals surface area contributed by atoms with E-state index in [1.54, 1.807) is 6.33 Å². The van der Waals surface area contributed by atoms with Crippen LogP contribution in [0.1, 0.15) is 5.69 Å². The molecule has 0 aromatic carbocycles. The molecular weight excluding hydrogens is 253 g/mol. The van der Waals surface area contributed by atoms with Crippen molar-refractivity contribution in [3.63, 3.8) is 0 Å². The molecule has 56 valence electrons. The lowest BCUT2D eigenvalue weighted by atomic mass is 10.4. The van der Waals surface area contributed by atoms with Gasteiger partial charge in [0.15, 0.2) is 5.65 Å². The minimum Gasteiger partial charge on any atom is -0.217 e. The van der Waals surface area contributed by atoms with Gasteiger partial charge in [-0.1, -0.05) is 0 Å². The summed E-state index contributed by atoms with van der Waals surface area (Å²) in [5.74, 6) is 0. The minimum absolute atomic E-state index is 0.905. The van der Waals surface area contributed by atoms with Crippen molar-refractivity contribution in [2.45, 2.75) is 6.92 Å². The Hall–Kier alpha value is -0.650. The van der Waals surface area contributed by atoms with Crippen molar-refractivity contribution in [2.75, 3.05) is 0 Å². The SMILES string of the molecule is Cc1c(I)ccc2ncnn12. The average Bonchev–Trinajstić information content (AvgIpc) is 2.45. The number of fused-ring (bicyclic) bond motifs is 1. The molecule has 0 saturated heterocycles. The molecule has 0 saturated carbocycles.